The van der Waals surface area contributed by atoms with Gasteiger partial charge in [0, 0.05) is 35.3 Å². The predicted octanol–water partition coefficient (Wildman–Crippen LogP) is 4.99. The van der Waals surface area contributed by atoms with Crippen LogP contribution >= 0.6 is 14.3 Å². The molecule has 0 N–H and O–H groups in total. The Morgan fingerprint density at radius 3 is 1.29 bits per heavy atom. The molecule has 130 valence electrons. The molecule has 0 unspecified atom stereocenters. The number of benzene rings is 2. The largest absolute Gasteiger partial charge is 0.319 e. The van der Waals surface area contributed by atoms with Crippen LogP contribution in [0.2, 0.25) is 0 Å². The van der Waals surface area contributed by atoms with E-state index in [4.69, 9.17) is 0 Å². The van der Waals surface area contributed by atoms with Gasteiger partial charge in [0.25, 0.3) is 0 Å². The van der Waals surface area contributed by atoms with Crippen molar-refractivity contribution in [1.29, 1.82) is 0 Å². The third-order valence-electron chi connectivity index (χ3n) is 5.86. The summed E-state index contributed by atoms with van der Waals surface area (Å²) in [5.74, 6) is 0. The topological polar surface area (TPSA) is 34.1 Å². The first kappa shape index (κ1) is 18.0. The second kappa shape index (κ2) is 6.47. The summed E-state index contributed by atoms with van der Waals surface area (Å²) in [6, 6.07) is 8.25. The Morgan fingerprint density at radius 1 is 0.708 bits per heavy atom. The minimum Gasteiger partial charge on any atom is -0.319 e. The van der Waals surface area contributed by atoms with Crippen LogP contribution in [0.1, 0.15) is 38.8 Å². The van der Waals surface area contributed by atoms with Crippen LogP contribution in [-0.2, 0) is 22.0 Å². The highest BCUT2D eigenvalue weighted by Crippen LogP contribution is 2.53. The summed E-state index contributed by atoms with van der Waals surface area (Å²) in [7, 11) is -4.74. The standard InChI is InChI=1S/C20H28O2P2/c1-5-23(21,6-2)19-15-11-9-10-12-16(15)20(18-14-13-17(18)19)24(22,7-3)8-4/h9-12H,5-8,13-14H2,1-4H3. The van der Waals surface area contributed by atoms with Gasteiger partial charge in [0.2, 0.25) is 0 Å². The minimum atomic E-state index is -2.37. The monoisotopic (exact) mass is 362 g/mol. The first-order valence-electron chi connectivity index (χ1n) is 9.19. The van der Waals surface area contributed by atoms with Crippen LogP contribution in [0, 0.1) is 0 Å². The zero-order valence-electron chi connectivity index (χ0n) is 15.3. The predicted molar refractivity (Wildman–Crippen MR) is 108 cm³/mol. The molecule has 2 nitrogen and oxygen atoms in total. The van der Waals surface area contributed by atoms with E-state index in [1.54, 1.807) is 0 Å². The molecule has 2 aromatic carbocycles. The summed E-state index contributed by atoms with van der Waals surface area (Å²) >= 11 is 0. The van der Waals surface area contributed by atoms with E-state index in [0.717, 1.165) is 34.2 Å². The molecule has 2 aromatic rings. The minimum absolute atomic E-state index is 0.707. The average Bonchev–Trinajstić information content (AvgIpc) is 2.61. The van der Waals surface area contributed by atoms with Crippen molar-refractivity contribution in [2.45, 2.75) is 40.5 Å². The van der Waals surface area contributed by atoms with Crippen molar-refractivity contribution in [3.8, 4) is 0 Å². The Bertz CT molecular complexity index is 794. The van der Waals surface area contributed by atoms with Crippen molar-refractivity contribution in [3.05, 3.63) is 35.4 Å². The van der Waals surface area contributed by atoms with E-state index < -0.39 is 14.3 Å². The third kappa shape index (κ3) is 2.46. The molecule has 0 aromatic heterocycles. The molecule has 4 heteroatoms. The highest BCUT2D eigenvalue weighted by molar-refractivity contribution is 7.73. The molecular weight excluding hydrogens is 334 g/mol. The lowest BCUT2D eigenvalue weighted by Crippen LogP contribution is -2.32. The maximum Gasteiger partial charge on any atom is 0.116 e. The first-order chi connectivity index (χ1) is 11.5. The lowest BCUT2D eigenvalue weighted by molar-refractivity contribution is 0.580. The third-order valence-corrected chi connectivity index (χ3v) is 12.6. The van der Waals surface area contributed by atoms with Crippen LogP contribution < -0.4 is 10.6 Å². The summed E-state index contributed by atoms with van der Waals surface area (Å²) in [6.45, 7) is 8.17. The molecule has 0 fully saturated rings. The Labute approximate surface area is 145 Å². The van der Waals surface area contributed by atoms with Gasteiger partial charge in [-0.15, -0.1) is 0 Å². The molecule has 1 aliphatic rings. The van der Waals surface area contributed by atoms with Crippen molar-refractivity contribution in [1.82, 2.24) is 0 Å². The normalized spacial score (nSPS) is 14.5. The zero-order chi connectivity index (χ0) is 17.5. The maximum absolute atomic E-state index is 13.6. The van der Waals surface area contributed by atoms with Crippen LogP contribution in [0.5, 0.6) is 0 Å². The van der Waals surface area contributed by atoms with Crippen molar-refractivity contribution in [2.24, 2.45) is 0 Å². The molecule has 3 rings (SSSR count). The van der Waals surface area contributed by atoms with Gasteiger partial charge in [-0.3, -0.25) is 0 Å². The maximum atomic E-state index is 13.6. The van der Waals surface area contributed by atoms with Gasteiger partial charge in [-0.1, -0.05) is 52.0 Å². The number of hydrogen-bond donors (Lipinski definition) is 0. The van der Waals surface area contributed by atoms with Gasteiger partial charge < -0.3 is 9.13 Å². The van der Waals surface area contributed by atoms with Gasteiger partial charge in [0.15, 0.2) is 0 Å². The Morgan fingerprint density at radius 2 is 1.04 bits per heavy atom. The second-order valence-corrected chi connectivity index (χ2v) is 13.7. The zero-order valence-corrected chi connectivity index (χ0v) is 17.1. The van der Waals surface area contributed by atoms with Gasteiger partial charge in [-0.25, -0.2) is 0 Å². The lowest BCUT2D eigenvalue weighted by Gasteiger charge is -2.34. The van der Waals surface area contributed by atoms with Gasteiger partial charge in [0.1, 0.15) is 14.3 Å². The van der Waals surface area contributed by atoms with E-state index in [-0.39, 0.29) is 0 Å². The molecule has 0 saturated heterocycles. The number of hydrogen-bond acceptors (Lipinski definition) is 2. The van der Waals surface area contributed by atoms with E-state index in [9.17, 15) is 9.13 Å². The van der Waals surface area contributed by atoms with E-state index in [1.165, 1.54) is 11.1 Å². The van der Waals surface area contributed by atoms with Crippen molar-refractivity contribution in [2.75, 3.05) is 24.6 Å². The molecule has 1 aliphatic carbocycles. The molecule has 0 heterocycles. The van der Waals surface area contributed by atoms with Gasteiger partial charge >= 0.3 is 0 Å². The van der Waals surface area contributed by atoms with E-state index in [1.807, 2.05) is 39.8 Å². The van der Waals surface area contributed by atoms with Crippen molar-refractivity contribution < 1.29 is 9.13 Å². The molecule has 0 atom stereocenters. The average molecular weight is 362 g/mol. The van der Waals surface area contributed by atoms with Crippen molar-refractivity contribution >= 4 is 35.7 Å². The summed E-state index contributed by atoms with van der Waals surface area (Å²) < 4.78 is 27.2. The highest BCUT2D eigenvalue weighted by Gasteiger charge is 2.37. The Balaban J connectivity index is 2.48. The number of fused-ring (bicyclic) bond motifs is 2. The lowest BCUT2D eigenvalue weighted by atomic mass is 9.85. The smallest absolute Gasteiger partial charge is 0.116 e. The summed E-state index contributed by atoms with van der Waals surface area (Å²) in [4.78, 5) is 0. The number of rotatable bonds is 6. The molecule has 0 bridgehead atoms. The Kier molecular flexibility index (Phi) is 4.84. The van der Waals surface area contributed by atoms with Crippen LogP contribution in [0.3, 0.4) is 0 Å². The summed E-state index contributed by atoms with van der Waals surface area (Å²) in [5, 5.41) is 4.40. The second-order valence-electron chi connectivity index (χ2n) is 6.74. The fraction of sp³-hybridized carbons (Fsp3) is 0.500. The van der Waals surface area contributed by atoms with Crippen LogP contribution in [-0.4, -0.2) is 24.6 Å². The first-order valence-corrected chi connectivity index (χ1v) is 13.3. The van der Waals surface area contributed by atoms with Gasteiger partial charge in [0.05, 0.1) is 0 Å². The van der Waals surface area contributed by atoms with Gasteiger partial charge in [-0.2, -0.15) is 0 Å². The molecule has 0 aliphatic heterocycles. The molecule has 0 spiro atoms. The van der Waals surface area contributed by atoms with Gasteiger partial charge in [-0.05, 0) is 34.7 Å². The Hall–Kier alpha value is -0.840. The molecular formula is C20H28O2P2. The quantitative estimate of drug-likeness (QED) is 0.678. The molecule has 24 heavy (non-hydrogen) atoms. The van der Waals surface area contributed by atoms with Crippen molar-refractivity contribution in [3.63, 3.8) is 0 Å². The summed E-state index contributed by atoms with van der Waals surface area (Å²) in [6.07, 6.45) is 4.80. The molecule has 0 amide bonds. The fourth-order valence-electron chi connectivity index (χ4n) is 4.13. The van der Waals surface area contributed by atoms with E-state index in [0.29, 0.717) is 24.6 Å². The fourth-order valence-corrected chi connectivity index (χ4v) is 9.03. The van der Waals surface area contributed by atoms with Crippen LogP contribution in [0.4, 0.5) is 0 Å². The molecule has 0 saturated carbocycles. The SMILES string of the molecule is CCP(=O)(CC)c1c2c(c(P(=O)(CC)CC)c3ccccc13)CC2. The summed E-state index contributed by atoms with van der Waals surface area (Å²) in [5.41, 5.74) is 2.52. The molecule has 0 radical (unpaired) electrons. The van der Waals surface area contributed by atoms with Crippen LogP contribution in [0.25, 0.3) is 10.8 Å². The highest BCUT2D eigenvalue weighted by atomic mass is 31.2. The van der Waals surface area contributed by atoms with Crippen LogP contribution in [0.15, 0.2) is 24.3 Å². The van der Waals surface area contributed by atoms with E-state index in [2.05, 4.69) is 12.1 Å². The van der Waals surface area contributed by atoms with E-state index >= 15 is 0 Å².